The van der Waals surface area contributed by atoms with Gasteiger partial charge in [0.1, 0.15) is 16.6 Å². The van der Waals surface area contributed by atoms with Crippen LogP contribution in [-0.2, 0) is 0 Å². The highest BCUT2D eigenvalue weighted by molar-refractivity contribution is 6.31. The third kappa shape index (κ3) is 2.85. The number of hydrogen-bond donors (Lipinski definition) is 0. The van der Waals surface area contributed by atoms with Gasteiger partial charge in [-0.25, -0.2) is 9.67 Å². The Labute approximate surface area is 206 Å². The van der Waals surface area contributed by atoms with Crippen LogP contribution >= 0.6 is 23.2 Å². The van der Waals surface area contributed by atoms with Crippen LogP contribution in [0.25, 0.3) is 16.8 Å². The molecule has 2 aromatic heterocycles. The molecule has 4 aromatic rings. The maximum absolute atomic E-state index is 13.9. The van der Waals surface area contributed by atoms with Crippen molar-refractivity contribution in [3.8, 4) is 22.6 Å². The molecule has 8 heteroatoms. The molecule has 0 N–H and O–H groups in total. The van der Waals surface area contributed by atoms with Crippen molar-refractivity contribution in [1.29, 1.82) is 0 Å². The van der Waals surface area contributed by atoms with Crippen LogP contribution in [0.5, 0.6) is 5.75 Å². The molecule has 0 bridgehead atoms. The van der Waals surface area contributed by atoms with Crippen molar-refractivity contribution in [2.75, 3.05) is 12.0 Å². The summed E-state index contributed by atoms with van der Waals surface area (Å²) in [6, 6.07) is 14.8. The van der Waals surface area contributed by atoms with Gasteiger partial charge in [-0.1, -0.05) is 55.2 Å². The zero-order valence-corrected chi connectivity index (χ0v) is 20.2. The number of halogens is 2. The molecule has 6 nitrogen and oxygen atoms in total. The fourth-order valence-electron chi connectivity index (χ4n) is 5.15. The molecule has 2 aliphatic rings. The van der Waals surface area contributed by atoms with Gasteiger partial charge in [0.2, 0.25) is 0 Å². The van der Waals surface area contributed by atoms with Gasteiger partial charge in [0, 0.05) is 22.3 Å². The molecular formula is C26H20Cl2N4O2. The molecule has 0 radical (unpaired) electrons. The first kappa shape index (κ1) is 21.2. The van der Waals surface area contributed by atoms with Gasteiger partial charge in [0.25, 0.3) is 5.91 Å². The lowest BCUT2D eigenvalue weighted by Crippen LogP contribution is -2.33. The number of aromatic nitrogens is 3. The summed E-state index contributed by atoms with van der Waals surface area (Å²) in [4.78, 5) is 19.9. The summed E-state index contributed by atoms with van der Waals surface area (Å²) < 4.78 is 7.46. The first-order valence-electron chi connectivity index (χ1n) is 11.0. The highest BCUT2D eigenvalue weighted by Crippen LogP contribution is 2.54. The van der Waals surface area contributed by atoms with Gasteiger partial charge in [0.05, 0.1) is 24.5 Å². The van der Waals surface area contributed by atoms with E-state index in [0.717, 1.165) is 33.6 Å². The second-order valence-corrected chi connectivity index (χ2v) is 9.54. The van der Waals surface area contributed by atoms with Crippen LogP contribution in [0.1, 0.15) is 53.1 Å². The first-order valence-corrected chi connectivity index (χ1v) is 11.7. The minimum atomic E-state index is -0.346. The lowest BCUT2D eigenvalue weighted by molar-refractivity contribution is 0.0988. The summed E-state index contributed by atoms with van der Waals surface area (Å²) >= 11 is 12.7. The van der Waals surface area contributed by atoms with Gasteiger partial charge in [-0.3, -0.25) is 9.69 Å². The lowest BCUT2D eigenvalue weighted by atomic mass is 9.86. The van der Waals surface area contributed by atoms with Gasteiger partial charge < -0.3 is 4.74 Å². The summed E-state index contributed by atoms with van der Waals surface area (Å²) in [5.74, 6) is 0.612. The third-order valence-electron chi connectivity index (χ3n) is 6.48. The minimum Gasteiger partial charge on any atom is -0.494 e. The second kappa shape index (κ2) is 7.58. The number of para-hydroxylation sites is 2. The highest BCUT2D eigenvalue weighted by Gasteiger charge is 2.48. The number of pyridine rings is 1. The van der Waals surface area contributed by atoms with Gasteiger partial charge in [-0.15, -0.1) is 0 Å². The molecule has 2 aromatic carbocycles. The van der Waals surface area contributed by atoms with Gasteiger partial charge in [0.15, 0.2) is 5.69 Å². The van der Waals surface area contributed by atoms with Gasteiger partial charge in [-0.2, -0.15) is 5.10 Å². The number of benzene rings is 2. The van der Waals surface area contributed by atoms with Crippen molar-refractivity contribution in [3.63, 3.8) is 0 Å². The standard InChI is InChI=1S/C26H20Cl2N4O2/c1-13(2)24-22-23(30-32(24)18-6-4-5-7-20(18)34-3)26(33)31-19-11-21(28)29-12-17(19)16-10-14(27)8-9-15(16)25(22)31/h4-13,25H,1-3H3. The fourth-order valence-corrected chi connectivity index (χ4v) is 5.47. The van der Waals surface area contributed by atoms with Crippen LogP contribution in [0.4, 0.5) is 5.69 Å². The predicted molar refractivity (Wildman–Crippen MR) is 133 cm³/mol. The Hall–Kier alpha value is -3.35. The number of amides is 1. The molecule has 1 amide bonds. The van der Waals surface area contributed by atoms with E-state index in [1.54, 1.807) is 24.3 Å². The number of fused-ring (bicyclic) bond motifs is 8. The quantitative estimate of drug-likeness (QED) is 0.310. The molecule has 1 atom stereocenters. The largest absolute Gasteiger partial charge is 0.494 e. The Morgan fingerprint density at radius 1 is 1.03 bits per heavy atom. The van der Waals surface area contributed by atoms with E-state index in [1.165, 1.54) is 0 Å². The topological polar surface area (TPSA) is 60.2 Å². The Morgan fingerprint density at radius 3 is 2.59 bits per heavy atom. The summed E-state index contributed by atoms with van der Waals surface area (Å²) in [7, 11) is 1.63. The van der Waals surface area contributed by atoms with E-state index in [-0.39, 0.29) is 17.9 Å². The van der Waals surface area contributed by atoms with E-state index in [9.17, 15) is 4.79 Å². The van der Waals surface area contributed by atoms with E-state index in [1.807, 2.05) is 47.1 Å². The second-order valence-electron chi connectivity index (χ2n) is 8.72. The Bertz CT molecular complexity index is 1490. The molecule has 0 saturated heterocycles. The molecule has 4 heterocycles. The van der Waals surface area contributed by atoms with Crippen molar-refractivity contribution < 1.29 is 9.53 Å². The van der Waals surface area contributed by atoms with E-state index in [4.69, 9.17) is 33.0 Å². The number of nitrogens with zero attached hydrogens (tertiary/aromatic N) is 4. The molecule has 6 rings (SSSR count). The lowest BCUT2D eigenvalue weighted by Gasteiger charge is -2.35. The number of hydrogen-bond acceptors (Lipinski definition) is 4. The number of rotatable bonds is 3. The molecule has 0 spiro atoms. The molecule has 170 valence electrons. The van der Waals surface area contributed by atoms with Crippen LogP contribution in [0, 0.1) is 0 Å². The van der Waals surface area contributed by atoms with Gasteiger partial charge >= 0.3 is 0 Å². The zero-order chi connectivity index (χ0) is 23.7. The van der Waals surface area contributed by atoms with Crippen LogP contribution < -0.4 is 9.64 Å². The average molecular weight is 491 g/mol. The maximum atomic E-state index is 13.9. The maximum Gasteiger partial charge on any atom is 0.280 e. The SMILES string of the molecule is COc1ccccc1-n1nc2c(c1C(C)C)C1c3ccc(Cl)cc3-c3cnc(Cl)cc3N1C2=O. The number of ether oxygens (including phenoxy) is 1. The van der Waals surface area contributed by atoms with Crippen molar-refractivity contribution >= 4 is 34.8 Å². The number of carbonyl (C=O) groups excluding carboxylic acids is 1. The fraction of sp³-hybridized carbons (Fsp3) is 0.192. The van der Waals surface area contributed by atoms with Crippen LogP contribution in [0.15, 0.2) is 54.7 Å². The number of methoxy groups -OCH3 is 1. The van der Waals surface area contributed by atoms with E-state index < -0.39 is 0 Å². The van der Waals surface area contributed by atoms with E-state index in [2.05, 4.69) is 18.8 Å². The van der Waals surface area contributed by atoms with Crippen LogP contribution in [0.2, 0.25) is 10.2 Å². The Balaban J connectivity index is 1.67. The van der Waals surface area contributed by atoms with Crippen molar-refractivity contribution in [2.24, 2.45) is 0 Å². The molecule has 2 aliphatic heterocycles. The van der Waals surface area contributed by atoms with E-state index in [0.29, 0.717) is 27.3 Å². The van der Waals surface area contributed by atoms with Crippen molar-refractivity contribution in [3.05, 3.63) is 87.4 Å². The first-order chi connectivity index (χ1) is 16.4. The average Bonchev–Trinajstić information content (AvgIpc) is 3.34. The predicted octanol–water partition coefficient (Wildman–Crippen LogP) is 6.44. The Morgan fingerprint density at radius 2 is 1.82 bits per heavy atom. The van der Waals surface area contributed by atoms with Crippen molar-refractivity contribution in [1.82, 2.24) is 14.8 Å². The molecular weight excluding hydrogens is 471 g/mol. The highest BCUT2D eigenvalue weighted by atomic mass is 35.5. The number of anilines is 1. The molecule has 1 unspecified atom stereocenters. The molecule has 34 heavy (non-hydrogen) atoms. The summed E-state index contributed by atoms with van der Waals surface area (Å²) in [5, 5.41) is 5.79. The van der Waals surface area contributed by atoms with Crippen LogP contribution in [0.3, 0.4) is 0 Å². The summed E-state index contributed by atoms with van der Waals surface area (Å²) in [5.41, 5.74) is 6.53. The molecule has 0 fully saturated rings. The molecule has 0 aliphatic carbocycles. The van der Waals surface area contributed by atoms with Crippen LogP contribution in [-0.4, -0.2) is 27.8 Å². The van der Waals surface area contributed by atoms with Gasteiger partial charge in [-0.05, 0) is 47.4 Å². The smallest absolute Gasteiger partial charge is 0.280 e. The summed E-state index contributed by atoms with van der Waals surface area (Å²) in [6.07, 6.45) is 1.70. The molecule has 0 saturated carbocycles. The minimum absolute atomic E-state index is 0.0899. The van der Waals surface area contributed by atoms with Crippen molar-refractivity contribution in [2.45, 2.75) is 25.8 Å². The number of carbonyl (C=O) groups is 1. The zero-order valence-electron chi connectivity index (χ0n) is 18.7. The van der Waals surface area contributed by atoms with E-state index >= 15 is 0 Å². The summed E-state index contributed by atoms with van der Waals surface area (Å²) in [6.45, 7) is 4.22. The normalized spacial score (nSPS) is 15.8. The Kier molecular flexibility index (Phi) is 4.73. The monoisotopic (exact) mass is 490 g/mol. The third-order valence-corrected chi connectivity index (χ3v) is 6.92.